The van der Waals surface area contributed by atoms with Crippen LogP contribution in [-0.4, -0.2) is 23.3 Å². The summed E-state index contributed by atoms with van der Waals surface area (Å²) in [5.41, 5.74) is -0.753. The largest absolute Gasteiger partial charge is 0.389 e. The fourth-order valence-electron chi connectivity index (χ4n) is 0.449. The maximum atomic E-state index is 9.34. The molecule has 0 aliphatic heterocycles. The molecule has 0 radical (unpaired) electrons. The van der Waals surface area contributed by atoms with Crippen molar-refractivity contribution in [2.75, 3.05) is 6.54 Å². The van der Waals surface area contributed by atoms with Gasteiger partial charge in [-0.2, -0.15) is 5.26 Å². The van der Waals surface area contributed by atoms with Crippen LogP contribution in [0.5, 0.6) is 0 Å². The fraction of sp³-hybridized carbons (Fsp3) is 0.857. The summed E-state index contributed by atoms with van der Waals surface area (Å²) >= 11 is 0. The van der Waals surface area contributed by atoms with Crippen molar-refractivity contribution in [1.29, 1.82) is 5.26 Å². The van der Waals surface area contributed by atoms with Crippen LogP contribution >= 0.6 is 0 Å². The first-order chi connectivity index (χ1) is 4.48. The Hall–Kier alpha value is -0.590. The van der Waals surface area contributed by atoms with E-state index >= 15 is 0 Å². The third kappa shape index (κ3) is 3.44. The fourth-order valence-corrected chi connectivity index (χ4v) is 0.449. The molecule has 0 saturated heterocycles. The summed E-state index contributed by atoms with van der Waals surface area (Å²) in [5.74, 6) is 0. The van der Waals surface area contributed by atoms with E-state index in [4.69, 9.17) is 5.26 Å². The molecule has 0 aliphatic rings. The molecule has 0 fully saturated rings. The van der Waals surface area contributed by atoms with Crippen molar-refractivity contribution in [3.63, 3.8) is 0 Å². The molecule has 0 aromatic rings. The zero-order valence-corrected chi connectivity index (χ0v) is 6.68. The van der Waals surface area contributed by atoms with E-state index in [-0.39, 0.29) is 12.6 Å². The molecule has 0 rings (SSSR count). The average Bonchev–Trinajstić information content (AvgIpc) is 1.80. The first-order valence-electron chi connectivity index (χ1n) is 3.31. The minimum Gasteiger partial charge on any atom is -0.389 e. The van der Waals surface area contributed by atoms with Crippen LogP contribution in [0.1, 0.15) is 20.8 Å². The Morgan fingerprint density at radius 1 is 1.70 bits per heavy atom. The molecule has 3 heteroatoms. The zero-order chi connectivity index (χ0) is 8.20. The number of hydrogen-bond donors (Lipinski definition) is 2. The SMILES string of the molecule is CC(NCC#N)C(C)(C)O. The van der Waals surface area contributed by atoms with Gasteiger partial charge in [-0.15, -0.1) is 0 Å². The number of nitriles is 1. The standard InChI is InChI=1S/C7H14N2O/c1-6(7(2,3)10)9-5-4-8/h6,9-10H,5H2,1-3H3. The van der Waals surface area contributed by atoms with Gasteiger partial charge in [-0.05, 0) is 20.8 Å². The van der Waals surface area contributed by atoms with Crippen molar-refractivity contribution in [2.45, 2.75) is 32.4 Å². The number of rotatable bonds is 3. The molecule has 0 bridgehead atoms. The molecule has 58 valence electrons. The van der Waals surface area contributed by atoms with Crippen LogP contribution < -0.4 is 5.32 Å². The Kier molecular flexibility index (Phi) is 3.34. The van der Waals surface area contributed by atoms with Gasteiger partial charge in [0.15, 0.2) is 0 Å². The second-order valence-corrected chi connectivity index (χ2v) is 2.91. The first-order valence-corrected chi connectivity index (χ1v) is 3.31. The zero-order valence-electron chi connectivity index (χ0n) is 6.68. The summed E-state index contributed by atoms with van der Waals surface area (Å²) in [7, 11) is 0. The third-order valence-electron chi connectivity index (χ3n) is 1.55. The number of hydrogen-bond acceptors (Lipinski definition) is 3. The molecule has 0 amide bonds. The second-order valence-electron chi connectivity index (χ2n) is 2.91. The maximum absolute atomic E-state index is 9.34. The number of aliphatic hydroxyl groups is 1. The van der Waals surface area contributed by atoms with E-state index in [1.54, 1.807) is 13.8 Å². The first kappa shape index (κ1) is 9.41. The Morgan fingerprint density at radius 2 is 2.20 bits per heavy atom. The smallest absolute Gasteiger partial charge is 0.0843 e. The minimum atomic E-state index is -0.753. The molecule has 2 N–H and O–H groups in total. The van der Waals surface area contributed by atoms with Crippen LogP contribution in [0.4, 0.5) is 0 Å². The van der Waals surface area contributed by atoms with Gasteiger partial charge >= 0.3 is 0 Å². The topological polar surface area (TPSA) is 56.0 Å². The highest BCUT2D eigenvalue weighted by atomic mass is 16.3. The van der Waals surface area contributed by atoms with Gasteiger partial charge in [-0.3, -0.25) is 5.32 Å². The summed E-state index contributed by atoms with van der Waals surface area (Å²) in [5, 5.41) is 20.4. The summed E-state index contributed by atoms with van der Waals surface area (Å²) < 4.78 is 0. The van der Waals surface area contributed by atoms with Gasteiger partial charge in [0.2, 0.25) is 0 Å². The molecule has 0 aromatic heterocycles. The van der Waals surface area contributed by atoms with Gasteiger partial charge in [-0.1, -0.05) is 0 Å². The molecular formula is C7H14N2O. The number of nitrogens with zero attached hydrogens (tertiary/aromatic N) is 1. The second kappa shape index (κ2) is 3.55. The van der Waals surface area contributed by atoms with Crippen LogP contribution in [0.25, 0.3) is 0 Å². The minimum absolute atomic E-state index is 0.0489. The van der Waals surface area contributed by atoms with E-state index in [0.717, 1.165) is 0 Å². The Balaban J connectivity index is 3.65. The van der Waals surface area contributed by atoms with Crippen molar-refractivity contribution < 1.29 is 5.11 Å². The van der Waals surface area contributed by atoms with Gasteiger partial charge in [0.1, 0.15) is 0 Å². The number of nitrogens with one attached hydrogen (secondary N) is 1. The van der Waals surface area contributed by atoms with Crippen LogP contribution in [0.15, 0.2) is 0 Å². The Bertz CT molecular complexity index is 132. The Morgan fingerprint density at radius 3 is 2.50 bits per heavy atom. The van der Waals surface area contributed by atoms with Crippen LogP contribution in [0.3, 0.4) is 0 Å². The normalized spacial score (nSPS) is 14.3. The lowest BCUT2D eigenvalue weighted by Crippen LogP contribution is -2.44. The van der Waals surface area contributed by atoms with Crippen molar-refractivity contribution in [2.24, 2.45) is 0 Å². The molecule has 0 heterocycles. The van der Waals surface area contributed by atoms with Crippen LogP contribution in [0, 0.1) is 11.3 Å². The van der Waals surface area contributed by atoms with E-state index < -0.39 is 5.60 Å². The van der Waals surface area contributed by atoms with E-state index in [9.17, 15) is 5.11 Å². The van der Waals surface area contributed by atoms with Gasteiger partial charge in [-0.25, -0.2) is 0 Å². The lowest BCUT2D eigenvalue weighted by atomic mass is 10.0. The predicted octanol–water partition coefficient (Wildman–Crippen LogP) is 0.259. The van der Waals surface area contributed by atoms with Crippen LogP contribution in [-0.2, 0) is 0 Å². The lowest BCUT2D eigenvalue weighted by Gasteiger charge is -2.25. The molecule has 0 aromatic carbocycles. The summed E-state index contributed by atoms with van der Waals surface area (Å²) in [6.45, 7) is 5.55. The van der Waals surface area contributed by atoms with Crippen molar-refractivity contribution in [3.05, 3.63) is 0 Å². The monoisotopic (exact) mass is 142 g/mol. The van der Waals surface area contributed by atoms with E-state index in [1.165, 1.54) is 0 Å². The maximum Gasteiger partial charge on any atom is 0.0843 e. The highest BCUT2D eigenvalue weighted by Crippen LogP contribution is 2.06. The van der Waals surface area contributed by atoms with Crippen molar-refractivity contribution in [1.82, 2.24) is 5.32 Å². The summed E-state index contributed by atoms with van der Waals surface area (Å²) in [6.07, 6.45) is 0. The summed E-state index contributed by atoms with van der Waals surface area (Å²) in [4.78, 5) is 0. The van der Waals surface area contributed by atoms with E-state index in [2.05, 4.69) is 5.32 Å². The van der Waals surface area contributed by atoms with Gasteiger partial charge < -0.3 is 5.11 Å². The lowest BCUT2D eigenvalue weighted by molar-refractivity contribution is 0.0459. The highest BCUT2D eigenvalue weighted by Gasteiger charge is 2.20. The summed E-state index contributed by atoms with van der Waals surface area (Å²) in [6, 6.07) is 1.90. The molecule has 0 spiro atoms. The molecule has 0 saturated carbocycles. The highest BCUT2D eigenvalue weighted by molar-refractivity contribution is 4.83. The predicted molar refractivity (Wildman–Crippen MR) is 39.4 cm³/mol. The quantitative estimate of drug-likeness (QED) is 0.556. The van der Waals surface area contributed by atoms with Crippen molar-refractivity contribution in [3.8, 4) is 6.07 Å². The Labute approximate surface area is 61.7 Å². The molecule has 10 heavy (non-hydrogen) atoms. The average molecular weight is 142 g/mol. The molecule has 3 nitrogen and oxygen atoms in total. The molecular weight excluding hydrogens is 128 g/mol. The van der Waals surface area contributed by atoms with Gasteiger partial charge in [0, 0.05) is 6.04 Å². The van der Waals surface area contributed by atoms with E-state index in [1.807, 2.05) is 13.0 Å². The molecule has 0 aliphatic carbocycles. The van der Waals surface area contributed by atoms with Gasteiger partial charge in [0.05, 0.1) is 18.2 Å². The third-order valence-corrected chi connectivity index (χ3v) is 1.55. The van der Waals surface area contributed by atoms with Gasteiger partial charge in [0.25, 0.3) is 0 Å². The van der Waals surface area contributed by atoms with E-state index in [0.29, 0.717) is 0 Å². The van der Waals surface area contributed by atoms with Crippen LogP contribution in [0.2, 0.25) is 0 Å². The van der Waals surface area contributed by atoms with Crippen molar-refractivity contribution >= 4 is 0 Å². The molecule has 1 atom stereocenters. The molecule has 1 unspecified atom stereocenters.